The van der Waals surface area contributed by atoms with Gasteiger partial charge >= 0.3 is 0 Å². The predicted octanol–water partition coefficient (Wildman–Crippen LogP) is 5.53. The second-order valence-electron chi connectivity index (χ2n) is 6.05. The molecule has 0 bridgehead atoms. The van der Waals surface area contributed by atoms with E-state index in [1.807, 2.05) is 67.6 Å². The van der Waals surface area contributed by atoms with E-state index in [1.54, 1.807) is 6.92 Å². The number of amides is 1. The fourth-order valence-electron chi connectivity index (χ4n) is 2.50. The van der Waals surface area contributed by atoms with Crippen LogP contribution in [-0.4, -0.2) is 10.9 Å². The van der Waals surface area contributed by atoms with Gasteiger partial charge in [-0.25, -0.2) is 4.98 Å². The summed E-state index contributed by atoms with van der Waals surface area (Å²) in [6.45, 7) is 3.83. The molecular weight excluding hydrogens is 354 g/mol. The molecular formula is C22H19N3OS. The molecule has 134 valence electrons. The van der Waals surface area contributed by atoms with E-state index in [0.29, 0.717) is 27.7 Å². The van der Waals surface area contributed by atoms with Crippen molar-refractivity contribution in [2.24, 2.45) is 0 Å². The number of aromatic nitrogens is 1. The first-order valence-electron chi connectivity index (χ1n) is 8.65. The van der Waals surface area contributed by atoms with Crippen LogP contribution in [0.4, 0.5) is 5.00 Å². The van der Waals surface area contributed by atoms with Crippen molar-refractivity contribution in [3.63, 3.8) is 0 Å². The molecule has 0 radical (unpaired) electrons. The zero-order chi connectivity index (χ0) is 19.2. The summed E-state index contributed by atoms with van der Waals surface area (Å²) in [7, 11) is 0. The van der Waals surface area contributed by atoms with Crippen molar-refractivity contribution < 1.29 is 4.79 Å². The lowest BCUT2D eigenvalue weighted by molar-refractivity contribution is -0.115. The third-order valence-corrected chi connectivity index (χ3v) is 4.99. The molecule has 5 heteroatoms. The Morgan fingerprint density at radius 2 is 1.89 bits per heavy atom. The van der Waals surface area contributed by atoms with Crippen LogP contribution in [0.15, 0.2) is 54.6 Å². The van der Waals surface area contributed by atoms with Crippen LogP contribution in [0.3, 0.4) is 0 Å². The normalized spacial score (nSPS) is 11.1. The molecule has 0 atom stereocenters. The van der Waals surface area contributed by atoms with Gasteiger partial charge in [0.1, 0.15) is 21.8 Å². The fraction of sp³-hybridized carbons (Fsp3) is 0.136. The molecule has 0 aliphatic rings. The van der Waals surface area contributed by atoms with E-state index >= 15 is 0 Å². The van der Waals surface area contributed by atoms with Crippen molar-refractivity contribution in [3.8, 4) is 17.3 Å². The molecule has 27 heavy (non-hydrogen) atoms. The minimum atomic E-state index is -0.0802. The molecule has 0 saturated carbocycles. The highest BCUT2D eigenvalue weighted by atomic mass is 32.1. The largest absolute Gasteiger partial charge is 0.316 e. The maximum atomic E-state index is 11.9. The number of anilines is 1. The van der Waals surface area contributed by atoms with E-state index in [-0.39, 0.29) is 5.91 Å². The zero-order valence-electron chi connectivity index (χ0n) is 15.2. The third-order valence-electron chi connectivity index (χ3n) is 3.99. The second kappa shape index (κ2) is 8.43. The van der Waals surface area contributed by atoms with Crippen LogP contribution in [0.2, 0.25) is 0 Å². The van der Waals surface area contributed by atoms with Crippen molar-refractivity contribution >= 4 is 33.9 Å². The summed E-state index contributed by atoms with van der Waals surface area (Å²) in [4.78, 5) is 16.6. The lowest BCUT2D eigenvalue weighted by Gasteiger charge is -2.03. The number of nitrogens with zero attached hydrogens (tertiary/aromatic N) is 2. The number of hydrogen-bond donors (Lipinski definition) is 1. The van der Waals surface area contributed by atoms with Gasteiger partial charge in [0, 0.05) is 12.0 Å². The van der Waals surface area contributed by atoms with Gasteiger partial charge in [0.2, 0.25) is 5.91 Å². The average Bonchev–Trinajstić information content (AvgIpc) is 3.11. The molecule has 0 spiro atoms. The number of hydrogen-bond acceptors (Lipinski definition) is 4. The highest BCUT2D eigenvalue weighted by Crippen LogP contribution is 2.36. The summed E-state index contributed by atoms with van der Waals surface area (Å²) < 4.78 is 0. The SMILES string of the molecule is CCC(=O)Nc1sc(C(C#N)=Cc2ccc(C)cc2)nc1-c1ccccc1. The van der Waals surface area contributed by atoms with E-state index in [1.165, 1.54) is 11.3 Å². The first-order valence-corrected chi connectivity index (χ1v) is 9.47. The molecule has 3 rings (SSSR count). The fourth-order valence-corrected chi connectivity index (χ4v) is 3.47. The molecule has 0 fully saturated rings. The van der Waals surface area contributed by atoms with Crippen molar-refractivity contribution in [1.29, 1.82) is 5.26 Å². The van der Waals surface area contributed by atoms with Gasteiger partial charge in [0.15, 0.2) is 0 Å². The standard InChI is InChI=1S/C22H19N3OS/c1-3-19(26)24-22-20(17-7-5-4-6-8-17)25-21(27-22)18(14-23)13-16-11-9-15(2)10-12-16/h4-13H,3H2,1-2H3,(H,24,26). The van der Waals surface area contributed by atoms with Crippen molar-refractivity contribution in [3.05, 3.63) is 70.7 Å². The highest BCUT2D eigenvalue weighted by Gasteiger charge is 2.17. The van der Waals surface area contributed by atoms with Gasteiger partial charge in [-0.3, -0.25) is 4.79 Å². The Morgan fingerprint density at radius 3 is 2.52 bits per heavy atom. The minimum absolute atomic E-state index is 0.0802. The van der Waals surface area contributed by atoms with Crippen LogP contribution < -0.4 is 5.32 Å². The zero-order valence-corrected chi connectivity index (χ0v) is 16.0. The lowest BCUT2D eigenvalue weighted by atomic mass is 10.1. The van der Waals surface area contributed by atoms with E-state index in [9.17, 15) is 10.1 Å². The molecule has 0 saturated heterocycles. The van der Waals surface area contributed by atoms with E-state index in [2.05, 4.69) is 16.4 Å². The topological polar surface area (TPSA) is 65.8 Å². The Balaban J connectivity index is 2.05. The molecule has 0 unspecified atom stereocenters. The second-order valence-corrected chi connectivity index (χ2v) is 7.04. The number of benzene rings is 2. The Labute approximate surface area is 162 Å². The first kappa shape index (κ1) is 18.6. The molecule has 4 nitrogen and oxygen atoms in total. The first-order chi connectivity index (χ1) is 13.1. The number of allylic oxidation sites excluding steroid dienone is 1. The van der Waals surface area contributed by atoms with Crippen LogP contribution in [0.1, 0.15) is 29.5 Å². The number of carbonyl (C=O) groups excluding carboxylic acids is 1. The molecule has 1 amide bonds. The molecule has 1 N–H and O–H groups in total. The summed E-state index contributed by atoms with van der Waals surface area (Å²) in [5.74, 6) is -0.0802. The average molecular weight is 373 g/mol. The number of thiazole rings is 1. The Hall–Kier alpha value is -3.23. The monoisotopic (exact) mass is 373 g/mol. The minimum Gasteiger partial charge on any atom is -0.316 e. The number of aryl methyl sites for hydroxylation is 1. The quantitative estimate of drug-likeness (QED) is 0.598. The summed E-state index contributed by atoms with van der Waals surface area (Å²) in [5.41, 5.74) is 4.16. The molecule has 0 aliphatic carbocycles. The van der Waals surface area contributed by atoms with Crippen molar-refractivity contribution in [1.82, 2.24) is 4.98 Å². The summed E-state index contributed by atoms with van der Waals surface area (Å²) in [5, 5.41) is 13.8. The van der Waals surface area contributed by atoms with Gasteiger partial charge in [-0.2, -0.15) is 5.26 Å². The van der Waals surface area contributed by atoms with Crippen molar-refractivity contribution in [2.45, 2.75) is 20.3 Å². The van der Waals surface area contributed by atoms with Crippen LogP contribution >= 0.6 is 11.3 Å². The van der Waals surface area contributed by atoms with Gasteiger partial charge in [0.05, 0.1) is 5.57 Å². The number of nitrogens with one attached hydrogen (secondary N) is 1. The van der Waals surface area contributed by atoms with Gasteiger partial charge < -0.3 is 5.32 Å². The van der Waals surface area contributed by atoms with E-state index < -0.39 is 0 Å². The molecule has 0 aliphatic heterocycles. The molecule has 3 aromatic rings. The van der Waals surface area contributed by atoms with Gasteiger partial charge in [-0.05, 0) is 18.6 Å². The van der Waals surface area contributed by atoms with Gasteiger partial charge in [-0.1, -0.05) is 78.4 Å². The lowest BCUT2D eigenvalue weighted by Crippen LogP contribution is -2.08. The van der Waals surface area contributed by atoms with Crippen LogP contribution in [-0.2, 0) is 4.79 Å². The molecule has 1 heterocycles. The Bertz CT molecular complexity index is 1010. The highest BCUT2D eigenvalue weighted by molar-refractivity contribution is 7.17. The number of carbonyl (C=O) groups is 1. The predicted molar refractivity (Wildman–Crippen MR) is 111 cm³/mol. The number of rotatable bonds is 5. The molecule has 1 aromatic heterocycles. The van der Waals surface area contributed by atoms with Crippen LogP contribution in [0, 0.1) is 18.3 Å². The molecule has 2 aromatic carbocycles. The van der Waals surface area contributed by atoms with E-state index in [0.717, 1.165) is 16.7 Å². The smallest absolute Gasteiger partial charge is 0.224 e. The summed E-state index contributed by atoms with van der Waals surface area (Å²) in [6.07, 6.45) is 2.20. The third kappa shape index (κ3) is 4.49. The maximum Gasteiger partial charge on any atom is 0.224 e. The van der Waals surface area contributed by atoms with E-state index in [4.69, 9.17) is 0 Å². The summed E-state index contributed by atoms with van der Waals surface area (Å²) >= 11 is 1.32. The Kier molecular flexibility index (Phi) is 5.80. The van der Waals surface area contributed by atoms with Gasteiger partial charge in [0.25, 0.3) is 0 Å². The maximum absolute atomic E-state index is 11.9. The Morgan fingerprint density at radius 1 is 1.19 bits per heavy atom. The van der Waals surface area contributed by atoms with Gasteiger partial charge in [-0.15, -0.1) is 0 Å². The summed E-state index contributed by atoms with van der Waals surface area (Å²) in [6, 6.07) is 19.8. The van der Waals surface area contributed by atoms with Crippen LogP contribution in [0.5, 0.6) is 0 Å². The van der Waals surface area contributed by atoms with Crippen LogP contribution in [0.25, 0.3) is 22.9 Å². The van der Waals surface area contributed by atoms with Crippen molar-refractivity contribution in [2.75, 3.05) is 5.32 Å². The number of nitriles is 1.